The van der Waals surface area contributed by atoms with Crippen molar-refractivity contribution in [2.45, 2.75) is 37.7 Å². The average molecular weight is 475 g/mol. The Hall–Kier alpha value is -3.56. The third-order valence-electron chi connectivity index (χ3n) is 6.54. The molecule has 0 bridgehead atoms. The molecule has 1 aliphatic carbocycles. The van der Waals surface area contributed by atoms with Crippen LogP contribution in [0.25, 0.3) is 0 Å². The Labute approximate surface area is 203 Å². The number of pyridine rings is 1. The molecule has 7 heteroatoms. The Kier molecular flexibility index (Phi) is 6.12. The van der Waals surface area contributed by atoms with E-state index in [1.54, 1.807) is 12.3 Å². The van der Waals surface area contributed by atoms with Crippen LogP contribution in [0.1, 0.15) is 58.2 Å². The molecule has 172 valence electrons. The van der Waals surface area contributed by atoms with Crippen molar-refractivity contribution in [3.63, 3.8) is 0 Å². The van der Waals surface area contributed by atoms with Crippen LogP contribution >= 0.6 is 11.6 Å². The number of rotatable bonds is 6. The zero-order chi connectivity index (χ0) is 23.7. The van der Waals surface area contributed by atoms with E-state index in [0.717, 1.165) is 46.6 Å². The standard InChI is InChI=1S/C27H23ClN2O4/c1-32-27(31)11-18-15-33-25-12-19(4-6-20(18)25)34-24-8-7-21-22(24)5-3-17(13-29)23(21)10-16-2-9-26(28)30-14-16/h2-6,9,12,14,18,24H,7-8,10-11,15H2,1H3/t18?,24-/m1/s1. The molecule has 0 amide bonds. The largest absolute Gasteiger partial charge is 0.492 e. The number of carbonyl (C=O) groups is 1. The number of halogens is 1. The van der Waals surface area contributed by atoms with Gasteiger partial charge >= 0.3 is 5.97 Å². The van der Waals surface area contributed by atoms with Gasteiger partial charge in [0.25, 0.3) is 0 Å². The molecule has 1 aromatic heterocycles. The van der Waals surface area contributed by atoms with Crippen LogP contribution in [0, 0.1) is 11.3 Å². The monoisotopic (exact) mass is 474 g/mol. The van der Waals surface area contributed by atoms with E-state index in [4.69, 9.17) is 25.8 Å². The highest BCUT2D eigenvalue weighted by Gasteiger charge is 2.30. The zero-order valence-electron chi connectivity index (χ0n) is 18.7. The highest BCUT2D eigenvalue weighted by molar-refractivity contribution is 6.29. The third kappa shape index (κ3) is 4.32. The van der Waals surface area contributed by atoms with Gasteiger partial charge in [-0.1, -0.05) is 29.8 Å². The maximum absolute atomic E-state index is 11.7. The lowest BCUT2D eigenvalue weighted by atomic mass is 9.93. The lowest BCUT2D eigenvalue weighted by Crippen LogP contribution is -2.09. The van der Waals surface area contributed by atoms with E-state index >= 15 is 0 Å². The van der Waals surface area contributed by atoms with Crippen molar-refractivity contribution in [1.82, 2.24) is 4.98 Å². The SMILES string of the molecule is COC(=O)CC1COc2cc(O[C@@H]3CCc4c3ccc(C#N)c4Cc3ccc(Cl)nc3)ccc21. The fraction of sp³-hybridized carbons (Fsp3) is 0.296. The summed E-state index contributed by atoms with van der Waals surface area (Å²) in [5.74, 6) is 1.23. The normalized spacial score (nSPS) is 17.9. The predicted molar refractivity (Wildman–Crippen MR) is 126 cm³/mol. The average Bonchev–Trinajstić information content (AvgIpc) is 3.44. The molecule has 3 aromatic rings. The summed E-state index contributed by atoms with van der Waals surface area (Å²) >= 11 is 5.93. The highest BCUT2D eigenvalue weighted by Crippen LogP contribution is 2.42. The Morgan fingerprint density at radius 2 is 2.09 bits per heavy atom. The molecule has 2 atom stereocenters. The first-order valence-electron chi connectivity index (χ1n) is 11.2. The Balaban J connectivity index is 1.37. The van der Waals surface area contributed by atoms with Crippen LogP contribution in [0.2, 0.25) is 5.15 Å². The molecule has 0 fully saturated rings. The van der Waals surface area contributed by atoms with Crippen molar-refractivity contribution in [2.24, 2.45) is 0 Å². The Morgan fingerprint density at radius 1 is 1.24 bits per heavy atom. The number of nitriles is 1. The van der Waals surface area contributed by atoms with Crippen molar-refractivity contribution < 1.29 is 19.0 Å². The number of fused-ring (bicyclic) bond motifs is 2. The number of aromatic nitrogens is 1. The lowest BCUT2D eigenvalue weighted by molar-refractivity contribution is -0.141. The molecular formula is C27H23ClN2O4. The molecule has 0 saturated carbocycles. The second kappa shape index (κ2) is 9.36. The molecule has 0 spiro atoms. The molecule has 0 radical (unpaired) electrons. The lowest BCUT2D eigenvalue weighted by Gasteiger charge is -2.17. The maximum atomic E-state index is 11.7. The van der Waals surface area contributed by atoms with Crippen LogP contribution in [-0.4, -0.2) is 24.7 Å². The number of ether oxygens (including phenoxy) is 3. The van der Waals surface area contributed by atoms with E-state index in [9.17, 15) is 10.1 Å². The van der Waals surface area contributed by atoms with Crippen LogP contribution in [-0.2, 0) is 22.4 Å². The van der Waals surface area contributed by atoms with Crippen molar-refractivity contribution in [1.29, 1.82) is 5.26 Å². The fourth-order valence-corrected chi connectivity index (χ4v) is 4.94. The summed E-state index contributed by atoms with van der Waals surface area (Å²) < 4.78 is 17.0. The van der Waals surface area contributed by atoms with Gasteiger partial charge in [-0.25, -0.2) is 4.98 Å². The fourth-order valence-electron chi connectivity index (χ4n) is 4.83. The third-order valence-corrected chi connectivity index (χ3v) is 6.77. The van der Waals surface area contributed by atoms with Crippen LogP contribution in [0.4, 0.5) is 0 Å². The first kappa shape index (κ1) is 22.2. The van der Waals surface area contributed by atoms with Gasteiger partial charge < -0.3 is 14.2 Å². The summed E-state index contributed by atoms with van der Waals surface area (Å²) in [5, 5.41) is 10.1. The minimum atomic E-state index is -0.244. The van der Waals surface area contributed by atoms with Crippen molar-refractivity contribution in [3.05, 3.63) is 87.2 Å². The van der Waals surface area contributed by atoms with E-state index in [1.807, 2.05) is 36.4 Å². The van der Waals surface area contributed by atoms with Crippen LogP contribution in [0.15, 0.2) is 48.7 Å². The first-order chi connectivity index (χ1) is 16.6. The summed E-state index contributed by atoms with van der Waals surface area (Å²) in [6.07, 6.45) is 4.25. The van der Waals surface area contributed by atoms with Crippen molar-refractivity contribution in [2.75, 3.05) is 13.7 Å². The number of benzene rings is 2. The first-order valence-corrected chi connectivity index (χ1v) is 11.6. The molecule has 2 heterocycles. The van der Waals surface area contributed by atoms with Crippen LogP contribution < -0.4 is 9.47 Å². The van der Waals surface area contributed by atoms with Gasteiger partial charge in [0.15, 0.2) is 0 Å². The van der Waals surface area contributed by atoms with E-state index in [1.165, 1.54) is 12.7 Å². The highest BCUT2D eigenvalue weighted by atomic mass is 35.5. The number of hydrogen-bond acceptors (Lipinski definition) is 6. The molecule has 6 nitrogen and oxygen atoms in total. The topological polar surface area (TPSA) is 81.4 Å². The minimum Gasteiger partial charge on any atom is -0.492 e. The van der Waals surface area contributed by atoms with E-state index in [0.29, 0.717) is 30.2 Å². The number of esters is 1. The zero-order valence-corrected chi connectivity index (χ0v) is 19.5. The molecular weight excluding hydrogens is 452 g/mol. The van der Waals surface area contributed by atoms with Crippen LogP contribution in [0.3, 0.4) is 0 Å². The smallest absolute Gasteiger partial charge is 0.306 e. The summed E-state index contributed by atoms with van der Waals surface area (Å²) in [6.45, 7) is 0.458. The van der Waals surface area contributed by atoms with E-state index in [-0.39, 0.29) is 18.0 Å². The molecule has 2 aromatic carbocycles. The number of carbonyl (C=O) groups excluding carboxylic acids is 1. The van der Waals surface area contributed by atoms with Gasteiger partial charge in [-0.2, -0.15) is 5.26 Å². The van der Waals surface area contributed by atoms with Gasteiger partial charge in [0.1, 0.15) is 22.8 Å². The molecule has 34 heavy (non-hydrogen) atoms. The Morgan fingerprint density at radius 3 is 2.85 bits per heavy atom. The number of hydrogen-bond donors (Lipinski definition) is 0. The van der Waals surface area contributed by atoms with Gasteiger partial charge in [-0.15, -0.1) is 0 Å². The summed E-state index contributed by atoms with van der Waals surface area (Å²) in [4.78, 5) is 15.8. The van der Waals surface area contributed by atoms with Gasteiger partial charge in [-0.05, 0) is 53.3 Å². The number of nitrogens with zero attached hydrogens (tertiary/aromatic N) is 2. The van der Waals surface area contributed by atoms with E-state index < -0.39 is 0 Å². The molecule has 0 N–H and O–H groups in total. The molecule has 2 aliphatic rings. The Bertz CT molecular complexity index is 1280. The molecule has 0 saturated heterocycles. The molecule has 1 unspecified atom stereocenters. The summed E-state index contributed by atoms with van der Waals surface area (Å²) in [5.41, 5.74) is 6.00. The minimum absolute atomic E-state index is 0.00183. The van der Waals surface area contributed by atoms with Gasteiger partial charge in [-0.3, -0.25) is 4.79 Å². The van der Waals surface area contributed by atoms with Crippen LogP contribution in [0.5, 0.6) is 11.5 Å². The van der Waals surface area contributed by atoms with Gasteiger partial charge in [0.2, 0.25) is 0 Å². The number of methoxy groups -OCH3 is 1. The van der Waals surface area contributed by atoms with Gasteiger partial charge in [0.05, 0.1) is 31.8 Å². The van der Waals surface area contributed by atoms with Crippen molar-refractivity contribution in [3.8, 4) is 17.6 Å². The summed E-state index contributed by atoms with van der Waals surface area (Å²) in [7, 11) is 1.40. The van der Waals surface area contributed by atoms with E-state index in [2.05, 4.69) is 11.1 Å². The summed E-state index contributed by atoms with van der Waals surface area (Å²) in [6, 6.07) is 15.7. The van der Waals surface area contributed by atoms with Crippen molar-refractivity contribution >= 4 is 17.6 Å². The molecule has 1 aliphatic heterocycles. The second-order valence-electron chi connectivity index (χ2n) is 8.57. The predicted octanol–water partition coefficient (Wildman–Crippen LogP) is 5.30. The van der Waals surface area contributed by atoms with Gasteiger partial charge in [0, 0.05) is 30.2 Å². The maximum Gasteiger partial charge on any atom is 0.306 e. The molecule has 5 rings (SSSR count). The second-order valence-corrected chi connectivity index (χ2v) is 8.96. The quantitative estimate of drug-likeness (QED) is 0.356.